The Bertz CT molecular complexity index is 1040. The maximum atomic E-state index is 12.3. The number of carboxylic acid groups (broad SMARTS) is 1. The van der Waals surface area contributed by atoms with Crippen LogP contribution in [0.1, 0.15) is 49.2 Å². The number of carbonyl (C=O) groups is 2. The van der Waals surface area contributed by atoms with Gasteiger partial charge in [-0.1, -0.05) is 48.5 Å². The highest BCUT2D eigenvalue weighted by Gasteiger charge is 2.52. The summed E-state index contributed by atoms with van der Waals surface area (Å²) >= 11 is 0. The van der Waals surface area contributed by atoms with Crippen LogP contribution >= 0.6 is 0 Å². The predicted molar refractivity (Wildman–Crippen MR) is 127 cm³/mol. The lowest BCUT2D eigenvalue weighted by molar-refractivity contribution is 0.00578. The van der Waals surface area contributed by atoms with E-state index in [2.05, 4.69) is 5.32 Å². The third kappa shape index (κ3) is 5.74. The van der Waals surface area contributed by atoms with E-state index in [1.54, 1.807) is 18.2 Å². The number of nitrogens with two attached hydrogens (primary N) is 1. The monoisotopic (exact) mass is 452 g/mol. The van der Waals surface area contributed by atoms with Crippen molar-refractivity contribution in [2.45, 2.75) is 45.5 Å². The molecule has 0 unspecified atom stereocenters. The van der Waals surface area contributed by atoms with Crippen LogP contribution in [0.2, 0.25) is 0 Å². The SMILES string of the molecule is CC1(C)OB(C(=Cc2cccc(N)c2C(=O)O)CNC(=O)OCc2ccccc2)OC1(C)C. The number of hydrogen-bond donors (Lipinski definition) is 3. The molecule has 1 heterocycles. The van der Waals surface area contributed by atoms with E-state index in [1.165, 1.54) is 6.07 Å². The van der Waals surface area contributed by atoms with Gasteiger partial charge in [-0.05, 0) is 50.4 Å². The molecule has 174 valence electrons. The van der Waals surface area contributed by atoms with Gasteiger partial charge in [0.1, 0.15) is 6.61 Å². The van der Waals surface area contributed by atoms with E-state index in [0.29, 0.717) is 11.0 Å². The first kappa shape index (κ1) is 24.3. The maximum absolute atomic E-state index is 12.3. The molecule has 1 saturated heterocycles. The second-order valence-corrected chi connectivity index (χ2v) is 8.84. The Kier molecular flexibility index (Phi) is 7.14. The van der Waals surface area contributed by atoms with Crippen molar-refractivity contribution in [2.24, 2.45) is 0 Å². The van der Waals surface area contributed by atoms with E-state index in [9.17, 15) is 14.7 Å². The first-order valence-corrected chi connectivity index (χ1v) is 10.6. The number of carbonyl (C=O) groups excluding carboxylic acids is 1. The fourth-order valence-electron chi connectivity index (χ4n) is 3.30. The fraction of sp³-hybridized carbons (Fsp3) is 0.333. The molecule has 0 bridgehead atoms. The highest BCUT2D eigenvalue weighted by atomic mass is 16.7. The maximum Gasteiger partial charge on any atom is 0.492 e. The molecular weight excluding hydrogens is 423 g/mol. The van der Waals surface area contributed by atoms with Crippen molar-refractivity contribution >= 4 is 30.9 Å². The molecule has 1 fully saturated rings. The minimum atomic E-state index is -1.15. The zero-order valence-electron chi connectivity index (χ0n) is 19.3. The molecular formula is C24H29BN2O6. The number of aromatic carboxylic acids is 1. The molecule has 0 aromatic heterocycles. The van der Waals surface area contributed by atoms with Crippen LogP contribution in [0, 0.1) is 0 Å². The molecule has 33 heavy (non-hydrogen) atoms. The van der Waals surface area contributed by atoms with E-state index >= 15 is 0 Å². The molecule has 1 aliphatic heterocycles. The number of alkyl carbamates (subject to hydrolysis) is 1. The van der Waals surface area contributed by atoms with Crippen LogP contribution in [0.15, 0.2) is 54.0 Å². The van der Waals surface area contributed by atoms with Gasteiger partial charge in [-0.15, -0.1) is 0 Å². The summed E-state index contributed by atoms with van der Waals surface area (Å²) in [6.45, 7) is 7.80. The summed E-state index contributed by atoms with van der Waals surface area (Å²) < 4.78 is 17.5. The van der Waals surface area contributed by atoms with Gasteiger partial charge in [0.2, 0.25) is 0 Å². The normalized spacial score (nSPS) is 17.0. The average molecular weight is 452 g/mol. The summed E-state index contributed by atoms with van der Waals surface area (Å²) in [5.74, 6) is -1.15. The standard InChI is InChI=1S/C24H29BN2O6/c1-23(2)24(3,4)33-25(32-23)18(13-17-11-8-12-19(26)20(17)21(28)29)14-27-22(30)31-15-16-9-6-5-7-10-16/h5-13H,14-15,26H2,1-4H3,(H,27,30)(H,28,29). The number of benzene rings is 2. The minimum absolute atomic E-state index is 0.0261. The lowest BCUT2D eigenvalue weighted by atomic mass is 9.76. The summed E-state index contributed by atoms with van der Waals surface area (Å²) in [6.07, 6.45) is 1.01. The molecule has 4 N–H and O–H groups in total. The number of amides is 1. The van der Waals surface area contributed by atoms with E-state index in [4.69, 9.17) is 19.8 Å². The average Bonchev–Trinajstić information content (AvgIpc) is 2.96. The summed E-state index contributed by atoms with van der Waals surface area (Å²) in [7, 11) is -0.799. The van der Waals surface area contributed by atoms with Crippen LogP contribution in [0.4, 0.5) is 10.5 Å². The van der Waals surface area contributed by atoms with Gasteiger partial charge in [-0.25, -0.2) is 9.59 Å². The van der Waals surface area contributed by atoms with E-state index in [0.717, 1.165) is 5.56 Å². The molecule has 0 saturated carbocycles. The van der Waals surface area contributed by atoms with E-state index < -0.39 is 30.4 Å². The first-order chi connectivity index (χ1) is 15.5. The molecule has 8 nitrogen and oxygen atoms in total. The van der Waals surface area contributed by atoms with Gasteiger partial charge in [0.05, 0.1) is 16.8 Å². The Morgan fingerprint density at radius 1 is 1.06 bits per heavy atom. The van der Waals surface area contributed by atoms with Crippen molar-refractivity contribution < 1.29 is 28.7 Å². The largest absolute Gasteiger partial charge is 0.492 e. The van der Waals surface area contributed by atoms with Gasteiger partial charge in [0, 0.05) is 12.2 Å². The van der Waals surface area contributed by atoms with Crippen molar-refractivity contribution in [1.29, 1.82) is 0 Å². The number of rotatable bonds is 7. The number of carboxylic acids is 1. The highest BCUT2D eigenvalue weighted by Crippen LogP contribution is 2.39. The molecule has 0 atom stereocenters. The van der Waals surface area contributed by atoms with Crippen molar-refractivity contribution in [3.05, 3.63) is 70.7 Å². The van der Waals surface area contributed by atoms with Gasteiger partial charge in [-0.2, -0.15) is 0 Å². The molecule has 1 aliphatic rings. The zero-order valence-corrected chi connectivity index (χ0v) is 19.3. The Hall–Kier alpha value is -3.30. The molecule has 1 amide bonds. The molecule has 2 aromatic carbocycles. The number of hydrogen-bond acceptors (Lipinski definition) is 6. The quantitative estimate of drug-likeness (QED) is 0.430. The number of nitrogens with one attached hydrogen (secondary N) is 1. The lowest BCUT2D eigenvalue weighted by Crippen LogP contribution is -2.41. The van der Waals surface area contributed by atoms with Crippen molar-refractivity contribution in [1.82, 2.24) is 5.32 Å². The second kappa shape index (κ2) is 9.68. The van der Waals surface area contributed by atoms with Gasteiger partial charge in [-0.3, -0.25) is 0 Å². The summed E-state index contributed by atoms with van der Waals surface area (Å²) in [4.78, 5) is 24.1. The summed E-state index contributed by atoms with van der Waals surface area (Å²) in [5, 5.41) is 12.3. The van der Waals surface area contributed by atoms with E-state index in [1.807, 2.05) is 58.0 Å². The van der Waals surface area contributed by atoms with Crippen LogP contribution < -0.4 is 11.1 Å². The second-order valence-electron chi connectivity index (χ2n) is 8.84. The Labute approximate surface area is 193 Å². The lowest BCUT2D eigenvalue weighted by Gasteiger charge is -2.32. The van der Waals surface area contributed by atoms with Crippen LogP contribution in [-0.2, 0) is 20.7 Å². The topological polar surface area (TPSA) is 120 Å². The smallest absolute Gasteiger partial charge is 0.478 e. The van der Waals surface area contributed by atoms with Gasteiger partial charge in [0.15, 0.2) is 0 Å². The van der Waals surface area contributed by atoms with Gasteiger partial charge >= 0.3 is 19.2 Å². The van der Waals surface area contributed by atoms with Crippen LogP contribution in [0.25, 0.3) is 6.08 Å². The first-order valence-electron chi connectivity index (χ1n) is 10.6. The van der Waals surface area contributed by atoms with Gasteiger partial charge in [0.25, 0.3) is 0 Å². The molecule has 0 radical (unpaired) electrons. The molecule has 3 rings (SSSR count). The number of nitrogen functional groups attached to an aromatic ring is 1. The van der Waals surface area contributed by atoms with Crippen molar-refractivity contribution in [3.8, 4) is 0 Å². The Morgan fingerprint density at radius 2 is 1.70 bits per heavy atom. The summed E-state index contributed by atoms with van der Waals surface area (Å²) in [6, 6.07) is 14.1. The third-order valence-corrected chi connectivity index (χ3v) is 5.89. The molecule has 0 aliphatic carbocycles. The van der Waals surface area contributed by atoms with Crippen LogP contribution in [0.3, 0.4) is 0 Å². The van der Waals surface area contributed by atoms with Crippen molar-refractivity contribution in [2.75, 3.05) is 12.3 Å². The minimum Gasteiger partial charge on any atom is -0.478 e. The Balaban J connectivity index is 1.83. The molecule has 2 aromatic rings. The van der Waals surface area contributed by atoms with Crippen LogP contribution in [-0.4, -0.2) is 42.0 Å². The highest BCUT2D eigenvalue weighted by molar-refractivity contribution is 6.56. The third-order valence-electron chi connectivity index (χ3n) is 5.89. The zero-order chi connectivity index (χ0) is 24.2. The molecule has 0 spiro atoms. The van der Waals surface area contributed by atoms with E-state index in [-0.39, 0.29) is 24.4 Å². The fourth-order valence-corrected chi connectivity index (χ4v) is 3.30. The molecule has 9 heteroatoms. The number of anilines is 1. The number of ether oxygens (including phenoxy) is 1. The summed E-state index contributed by atoms with van der Waals surface area (Å²) in [5.41, 5.74) is 6.54. The van der Waals surface area contributed by atoms with Crippen LogP contribution in [0.5, 0.6) is 0 Å². The van der Waals surface area contributed by atoms with Gasteiger partial charge < -0.3 is 30.2 Å². The predicted octanol–water partition coefficient (Wildman–Crippen LogP) is 3.91. The van der Waals surface area contributed by atoms with Crippen molar-refractivity contribution in [3.63, 3.8) is 0 Å². The Morgan fingerprint density at radius 3 is 2.30 bits per heavy atom.